The highest BCUT2D eigenvalue weighted by molar-refractivity contribution is 6.41. The van der Waals surface area contributed by atoms with Gasteiger partial charge in [-0.05, 0) is 24.8 Å². The fraction of sp³-hybridized carbons (Fsp3) is 0.615. The molecule has 2 rings (SSSR count). The maximum atomic E-state index is 11.9. The van der Waals surface area contributed by atoms with E-state index in [4.69, 9.17) is 23.2 Å². The monoisotopic (exact) mass is 304 g/mol. The number of aromatic nitrogens is 1. The second-order valence-electron chi connectivity index (χ2n) is 5.45. The number of H-pyrrole nitrogens is 1. The van der Waals surface area contributed by atoms with E-state index in [1.54, 1.807) is 0 Å². The van der Waals surface area contributed by atoms with Crippen LogP contribution in [0.5, 0.6) is 0 Å². The molecule has 0 radical (unpaired) electrons. The van der Waals surface area contributed by atoms with Gasteiger partial charge >= 0.3 is 0 Å². The SMILES string of the molecule is CC1CCCC(O)(CNC(=O)c2cc(Cl)c(Cl)[nH]2)C1. The Labute approximate surface area is 122 Å². The second kappa shape index (κ2) is 5.73. The van der Waals surface area contributed by atoms with E-state index in [0.29, 0.717) is 16.6 Å². The molecule has 1 amide bonds. The van der Waals surface area contributed by atoms with Crippen molar-refractivity contribution in [3.63, 3.8) is 0 Å². The van der Waals surface area contributed by atoms with Gasteiger partial charge in [-0.3, -0.25) is 4.79 Å². The Bertz CT molecular complexity index is 456. The maximum Gasteiger partial charge on any atom is 0.267 e. The van der Waals surface area contributed by atoms with Crippen molar-refractivity contribution in [3.8, 4) is 0 Å². The third kappa shape index (κ3) is 3.65. The first kappa shape index (κ1) is 14.7. The summed E-state index contributed by atoms with van der Waals surface area (Å²) in [5.74, 6) is 0.186. The standard InChI is InChI=1S/C13H18Cl2N2O2/c1-8-3-2-4-13(19,6-8)7-16-12(18)10-5-9(14)11(15)17-10/h5,8,17,19H,2-4,6-7H2,1H3,(H,16,18). The lowest BCUT2D eigenvalue weighted by Crippen LogP contribution is -2.45. The van der Waals surface area contributed by atoms with Crippen LogP contribution in [0.1, 0.15) is 43.1 Å². The van der Waals surface area contributed by atoms with Crippen molar-refractivity contribution in [1.82, 2.24) is 10.3 Å². The van der Waals surface area contributed by atoms with Gasteiger partial charge in [-0.15, -0.1) is 0 Å². The van der Waals surface area contributed by atoms with Crippen molar-refractivity contribution in [2.24, 2.45) is 5.92 Å². The summed E-state index contributed by atoms with van der Waals surface area (Å²) in [6, 6.07) is 1.48. The molecule has 6 heteroatoms. The molecule has 1 aromatic heterocycles. The first-order valence-corrected chi connectivity index (χ1v) is 7.20. The lowest BCUT2D eigenvalue weighted by Gasteiger charge is -2.35. The quantitative estimate of drug-likeness (QED) is 0.804. The molecule has 0 saturated heterocycles. The van der Waals surface area contributed by atoms with Crippen LogP contribution in [0, 0.1) is 5.92 Å². The summed E-state index contributed by atoms with van der Waals surface area (Å²) < 4.78 is 0. The molecule has 2 unspecified atom stereocenters. The first-order chi connectivity index (χ1) is 8.89. The molecule has 0 aromatic carbocycles. The van der Waals surface area contributed by atoms with E-state index in [1.165, 1.54) is 6.07 Å². The Kier molecular flexibility index (Phi) is 4.43. The summed E-state index contributed by atoms with van der Waals surface area (Å²) >= 11 is 11.5. The molecule has 0 bridgehead atoms. The van der Waals surface area contributed by atoms with Crippen molar-refractivity contribution in [1.29, 1.82) is 0 Å². The van der Waals surface area contributed by atoms with Crippen molar-refractivity contribution < 1.29 is 9.90 Å². The Morgan fingerprint density at radius 1 is 1.63 bits per heavy atom. The summed E-state index contributed by atoms with van der Waals surface area (Å²) in [6.07, 6.45) is 3.58. The van der Waals surface area contributed by atoms with Gasteiger partial charge in [-0.1, -0.05) is 43.0 Å². The molecule has 0 aliphatic heterocycles. The summed E-state index contributed by atoms with van der Waals surface area (Å²) in [5, 5.41) is 13.7. The fourth-order valence-electron chi connectivity index (χ4n) is 2.66. The lowest BCUT2D eigenvalue weighted by atomic mass is 9.79. The average Bonchev–Trinajstić information content (AvgIpc) is 2.67. The zero-order chi connectivity index (χ0) is 14.0. The van der Waals surface area contributed by atoms with Crippen molar-refractivity contribution in [2.45, 2.75) is 38.2 Å². The minimum atomic E-state index is -0.798. The molecule has 1 heterocycles. The van der Waals surface area contributed by atoms with E-state index in [-0.39, 0.29) is 17.6 Å². The fourth-order valence-corrected chi connectivity index (χ4v) is 2.97. The predicted molar refractivity (Wildman–Crippen MR) is 75.7 cm³/mol. The highest BCUT2D eigenvalue weighted by atomic mass is 35.5. The number of carbonyl (C=O) groups is 1. The number of aliphatic hydroxyl groups is 1. The zero-order valence-corrected chi connectivity index (χ0v) is 12.3. The molecule has 1 aromatic rings. The molecule has 106 valence electrons. The van der Waals surface area contributed by atoms with Gasteiger partial charge in [0.05, 0.1) is 10.6 Å². The van der Waals surface area contributed by atoms with E-state index in [1.807, 2.05) is 0 Å². The lowest BCUT2D eigenvalue weighted by molar-refractivity contribution is -0.0109. The van der Waals surface area contributed by atoms with Crippen LogP contribution in [0.3, 0.4) is 0 Å². The third-order valence-corrected chi connectivity index (χ3v) is 4.31. The van der Waals surface area contributed by atoms with Crippen LogP contribution in [0.15, 0.2) is 6.07 Å². The van der Waals surface area contributed by atoms with E-state index in [9.17, 15) is 9.90 Å². The molecule has 1 fully saturated rings. The molecule has 1 aliphatic rings. The van der Waals surface area contributed by atoms with E-state index < -0.39 is 5.60 Å². The van der Waals surface area contributed by atoms with Gasteiger partial charge in [-0.2, -0.15) is 0 Å². The minimum absolute atomic E-state index is 0.247. The van der Waals surface area contributed by atoms with E-state index in [2.05, 4.69) is 17.2 Å². The number of rotatable bonds is 3. The van der Waals surface area contributed by atoms with Crippen LogP contribution < -0.4 is 5.32 Å². The maximum absolute atomic E-state index is 11.9. The number of aromatic amines is 1. The Morgan fingerprint density at radius 2 is 2.37 bits per heavy atom. The molecule has 0 spiro atoms. The second-order valence-corrected chi connectivity index (χ2v) is 6.24. The topological polar surface area (TPSA) is 65.1 Å². The molecule has 19 heavy (non-hydrogen) atoms. The summed E-state index contributed by atoms with van der Waals surface area (Å²) in [7, 11) is 0. The van der Waals surface area contributed by atoms with Crippen LogP contribution in [0.2, 0.25) is 10.2 Å². The predicted octanol–water partition coefficient (Wildman–Crippen LogP) is 2.99. The van der Waals surface area contributed by atoms with Crippen LogP contribution >= 0.6 is 23.2 Å². The van der Waals surface area contributed by atoms with Crippen LogP contribution in [0.4, 0.5) is 0 Å². The largest absolute Gasteiger partial charge is 0.388 e. The summed E-state index contributed by atoms with van der Waals surface area (Å²) in [6.45, 7) is 2.38. The van der Waals surface area contributed by atoms with Gasteiger partial charge < -0.3 is 15.4 Å². The number of hydrogen-bond acceptors (Lipinski definition) is 2. The molecule has 1 saturated carbocycles. The zero-order valence-electron chi connectivity index (χ0n) is 10.8. The normalized spacial score (nSPS) is 27.3. The summed E-state index contributed by atoms with van der Waals surface area (Å²) in [5.41, 5.74) is -0.490. The molecular weight excluding hydrogens is 287 g/mol. The Hall–Kier alpha value is -0.710. The number of nitrogens with one attached hydrogen (secondary N) is 2. The van der Waals surface area contributed by atoms with Gasteiger partial charge in [0.15, 0.2) is 0 Å². The van der Waals surface area contributed by atoms with Crippen LogP contribution in [-0.2, 0) is 0 Å². The number of halogens is 2. The van der Waals surface area contributed by atoms with Crippen molar-refractivity contribution >= 4 is 29.1 Å². The van der Waals surface area contributed by atoms with Gasteiger partial charge in [0.2, 0.25) is 0 Å². The molecule has 4 nitrogen and oxygen atoms in total. The molecule has 2 atom stereocenters. The minimum Gasteiger partial charge on any atom is -0.388 e. The van der Waals surface area contributed by atoms with Crippen molar-refractivity contribution in [2.75, 3.05) is 6.54 Å². The number of hydrogen-bond donors (Lipinski definition) is 3. The first-order valence-electron chi connectivity index (χ1n) is 6.44. The highest BCUT2D eigenvalue weighted by Crippen LogP contribution is 2.31. The Balaban J connectivity index is 1.93. The number of carbonyl (C=O) groups excluding carboxylic acids is 1. The van der Waals surface area contributed by atoms with Gasteiger partial charge in [0, 0.05) is 6.54 Å². The average molecular weight is 305 g/mol. The molecule has 1 aliphatic carbocycles. The number of amides is 1. The van der Waals surface area contributed by atoms with Crippen LogP contribution in [-0.4, -0.2) is 28.1 Å². The van der Waals surface area contributed by atoms with Gasteiger partial charge in [0.1, 0.15) is 10.8 Å². The van der Waals surface area contributed by atoms with Crippen LogP contribution in [0.25, 0.3) is 0 Å². The van der Waals surface area contributed by atoms with Gasteiger partial charge in [0.25, 0.3) is 5.91 Å². The smallest absolute Gasteiger partial charge is 0.267 e. The summed E-state index contributed by atoms with van der Waals surface area (Å²) in [4.78, 5) is 14.6. The van der Waals surface area contributed by atoms with Crippen molar-refractivity contribution in [3.05, 3.63) is 21.9 Å². The third-order valence-electron chi connectivity index (χ3n) is 3.62. The molecule has 3 N–H and O–H groups in total. The van der Waals surface area contributed by atoms with Gasteiger partial charge in [-0.25, -0.2) is 0 Å². The van der Waals surface area contributed by atoms with E-state index in [0.717, 1.165) is 25.7 Å². The van der Waals surface area contributed by atoms with E-state index >= 15 is 0 Å². The Morgan fingerprint density at radius 3 is 2.95 bits per heavy atom. The molecular formula is C13H18Cl2N2O2. The highest BCUT2D eigenvalue weighted by Gasteiger charge is 2.33.